The van der Waals surface area contributed by atoms with Gasteiger partial charge >= 0.3 is 35.8 Å². The Morgan fingerprint density at radius 3 is 0.485 bits per heavy atom. The van der Waals surface area contributed by atoms with Crippen molar-refractivity contribution in [3.8, 4) is 0 Å². The Hall–Kier alpha value is -2.87. The van der Waals surface area contributed by atoms with Gasteiger partial charge in [-0.15, -0.1) is 0 Å². The number of aromatic carboxylic acids is 6. The van der Waals surface area contributed by atoms with Crippen molar-refractivity contribution in [2.45, 2.75) is 0 Å². The summed E-state index contributed by atoms with van der Waals surface area (Å²) in [6, 6.07) is 5.40. The summed E-state index contributed by atoms with van der Waals surface area (Å²) >= 11 is 0. The Morgan fingerprint density at radius 2 is 0.424 bits per heavy atom. The Morgan fingerprint density at radius 1 is 0.333 bits per heavy atom. The molecule has 0 radical (unpaired) electrons. The van der Waals surface area contributed by atoms with Gasteiger partial charge in [0.25, 0.3) is 0 Å². The zero-order valence-electron chi connectivity index (χ0n) is 16.7. The smallest absolute Gasteiger partial charge is 0.335 e. The van der Waals surface area contributed by atoms with Crippen LogP contribution in [0.15, 0.2) is 36.4 Å². The van der Waals surface area contributed by atoms with Crippen molar-refractivity contribution in [3.63, 3.8) is 0 Å². The normalized spacial score (nSPS) is 8.73. The molecule has 0 amide bonds. The average molecular weight is 616 g/mol. The Labute approximate surface area is 222 Å². The summed E-state index contributed by atoms with van der Waals surface area (Å²) in [7, 11) is 0. The monoisotopic (exact) mass is 612 g/mol. The summed E-state index contributed by atoms with van der Waals surface area (Å²) in [4.78, 5) is 63.4. The van der Waals surface area contributed by atoms with Crippen molar-refractivity contribution in [1.29, 1.82) is 0 Å². The van der Waals surface area contributed by atoms with Crippen LogP contribution in [0.5, 0.6) is 0 Å². The van der Waals surface area contributed by atoms with Crippen molar-refractivity contribution in [3.05, 3.63) is 69.8 Å². The van der Waals surface area contributed by atoms with E-state index in [1.165, 1.54) is 0 Å². The van der Waals surface area contributed by atoms with Crippen molar-refractivity contribution in [2.75, 3.05) is 0 Å². The van der Waals surface area contributed by atoms with Gasteiger partial charge < -0.3 is 30.6 Å². The molecule has 0 spiro atoms. The molecule has 2 rings (SSSR count). The van der Waals surface area contributed by atoms with E-state index in [9.17, 15) is 28.8 Å². The van der Waals surface area contributed by atoms with Gasteiger partial charge in [0.1, 0.15) is 0 Å². The molecular formula is C18H12O12Zn3. The summed E-state index contributed by atoms with van der Waals surface area (Å²) < 4.78 is 0. The summed E-state index contributed by atoms with van der Waals surface area (Å²) in [6.07, 6.45) is 0. The van der Waals surface area contributed by atoms with Gasteiger partial charge in [-0.1, -0.05) is 0 Å². The van der Waals surface area contributed by atoms with E-state index in [2.05, 4.69) is 0 Å². The van der Waals surface area contributed by atoms with E-state index in [0.29, 0.717) is 0 Å². The summed E-state index contributed by atoms with van der Waals surface area (Å²) in [6.45, 7) is 0. The minimum absolute atomic E-state index is 0. The Balaban J connectivity index is -0.000000500. The van der Waals surface area contributed by atoms with Gasteiger partial charge in [0.15, 0.2) is 0 Å². The second-order valence-corrected chi connectivity index (χ2v) is 5.43. The average Bonchev–Trinajstić information content (AvgIpc) is 2.67. The van der Waals surface area contributed by atoms with Crippen molar-refractivity contribution >= 4 is 35.8 Å². The fourth-order valence-corrected chi connectivity index (χ4v) is 2.00. The molecule has 0 aliphatic heterocycles. The van der Waals surface area contributed by atoms with E-state index < -0.39 is 35.8 Å². The quantitative estimate of drug-likeness (QED) is 0.254. The molecule has 0 aliphatic rings. The van der Waals surface area contributed by atoms with Gasteiger partial charge in [-0.25, -0.2) is 28.8 Å². The molecule has 15 heteroatoms. The van der Waals surface area contributed by atoms with Gasteiger partial charge in [0, 0.05) is 58.4 Å². The van der Waals surface area contributed by atoms with E-state index in [0.717, 1.165) is 36.4 Å². The van der Waals surface area contributed by atoms with Crippen LogP contribution in [0.25, 0.3) is 0 Å². The molecule has 0 saturated heterocycles. The maximum Gasteiger partial charge on any atom is 0.335 e. The molecule has 0 saturated carbocycles. The molecule has 0 aliphatic carbocycles. The van der Waals surface area contributed by atoms with Crippen molar-refractivity contribution < 1.29 is 118 Å². The minimum Gasteiger partial charge on any atom is -0.478 e. The zero-order valence-corrected chi connectivity index (χ0v) is 25.6. The topological polar surface area (TPSA) is 224 Å². The minimum atomic E-state index is -1.37. The second kappa shape index (κ2) is 15.1. The number of benzene rings is 2. The fourth-order valence-electron chi connectivity index (χ4n) is 2.00. The number of carboxylic acids is 6. The zero-order chi connectivity index (χ0) is 23.2. The number of hydrogen-bond acceptors (Lipinski definition) is 6. The molecule has 0 heterocycles. The van der Waals surface area contributed by atoms with Crippen LogP contribution in [-0.4, -0.2) is 66.5 Å². The van der Waals surface area contributed by atoms with Gasteiger partial charge in [-0.2, -0.15) is 0 Å². The van der Waals surface area contributed by atoms with Crippen molar-refractivity contribution in [1.82, 2.24) is 0 Å². The predicted octanol–water partition coefficient (Wildman–Crippen LogP) is 1.55. The van der Waals surface area contributed by atoms with E-state index in [1.807, 2.05) is 0 Å². The number of rotatable bonds is 6. The van der Waals surface area contributed by atoms with Crippen LogP contribution >= 0.6 is 0 Å². The van der Waals surface area contributed by atoms with Crippen LogP contribution in [-0.2, 0) is 58.4 Å². The molecule has 0 atom stereocenters. The Bertz CT molecular complexity index is 838. The SMILES string of the molecule is O=C(O)c1cc(C(=O)O)cc(C(=O)O)c1.O=C(O)c1cc(C(=O)O)cc(C(=O)O)c1.[Zn].[Zn].[Zn]. The van der Waals surface area contributed by atoms with Crippen LogP contribution in [0.1, 0.15) is 62.1 Å². The molecule has 0 unspecified atom stereocenters. The van der Waals surface area contributed by atoms with E-state index in [4.69, 9.17) is 30.6 Å². The third kappa shape index (κ3) is 10.5. The maximum atomic E-state index is 10.6. The first-order valence-electron chi connectivity index (χ1n) is 7.53. The number of carboxylic acid groups (broad SMARTS) is 6. The summed E-state index contributed by atoms with van der Waals surface area (Å²) in [5.74, 6) is -8.25. The fraction of sp³-hybridized carbons (Fsp3) is 0. The predicted molar refractivity (Wildman–Crippen MR) is 94.6 cm³/mol. The third-order valence-corrected chi connectivity index (χ3v) is 3.35. The molecule has 33 heavy (non-hydrogen) atoms. The molecule has 0 aromatic heterocycles. The molecule has 6 N–H and O–H groups in total. The molecular weight excluding hydrogens is 604 g/mol. The second-order valence-electron chi connectivity index (χ2n) is 5.43. The van der Waals surface area contributed by atoms with E-state index in [-0.39, 0.29) is 91.8 Å². The third-order valence-electron chi connectivity index (χ3n) is 3.35. The van der Waals surface area contributed by atoms with Crippen molar-refractivity contribution in [2.24, 2.45) is 0 Å². The Kier molecular flexibility index (Phi) is 15.8. The first-order chi connectivity index (χ1) is 13.8. The van der Waals surface area contributed by atoms with Crippen LogP contribution in [0.3, 0.4) is 0 Å². The first-order valence-corrected chi connectivity index (χ1v) is 7.53. The molecule has 162 valence electrons. The van der Waals surface area contributed by atoms with Crippen LogP contribution in [0, 0.1) is 0 Å². The molecule has 0 fully saturated rings. The summed E-state index contributed by atoms with van der Waals surface area (Å²) in [5.41, 5.74) is -2.21. The van der Waals surface area contributed by atoms with Gasteiger partial charge in [0.05, 0.1) is 33.4 Å². The molecule has 2 aromatic carbocycles. The van der Waals surface area contributed by atoms with E-state index in [1.54, 1.807) is 0 Å². The van der Waals surface area contributed by atoms with Gasteiger partial charge in [0.2, 0.25) is 0 Å². The maximum absolute atomic E-state index is 10.6. The largest absolute Gasteiger partial charge is 0.478 e. The van der Waals surface area contributed by atoms with Gasteiger partial charge in [-0.05, 0) is 36.4 Å². The number of hydrogen-bond donors (Lipinski definition) is 6. The van der Waals surface area contributed by atoms with E-state index >= 15 is 0 Å². The first kappa shape index (κ1) is 34.7. The van der Waals surface area contributed by atoms with Crippen LogP contribution in [0.2, 0.25) is 0 Å². The molecule has 12 nitrogen and oxygen atoms in total. The van der Waals surface area contributed by atoms with Crippen LogP contribution in [0.4, 0.5) is 0 Å². The standard InChI is InChI=1S/2C9H6O6.3Zn/c2*10-7(11)4-1-5(8(12)13)3-6(2-4)9(14)15;;;/h2*1-3H,(H,10,11)(H,12,13)(H,14,15);;;. The van der Waals surface area contributed by atoms with Gasteiger partial charge in [-0.3, -0.25) is 0 Å². The molecule has 0 bridgehead atoms. The molecule has 2 aromatic rings. The summed E-state index contributed by atoms with van der Waals surface area (Å²) in [5, 5.41) is 51.7. The van der Waals surface area contributed by atoms with Crippen LogP contribution < -0.4 is 0 Å². The number of carbonyl (C=O) groups is 6.